The number of rotatable bonds is 3. The summed E-state index contributed by atoms with van der Waals surface area (Å²) in [4.78, 5) is 14.7. The number of halogens is 3. The first-order valence-electron chi connectivity index (χ1n) is 3.79. The van der Waals surface area contributed by atoms with Crippen molar-refractivity contribution in [3.8, 4) is 5.88 Å². The van der Waals surface area contributed by atoms with Gasteiger partial charge in [-0.2, -0.15) is 0 Å². The standard InChI is InChI=1S/C8H7F2IN2O2/c1-15-4-2-3(6(9)10)5(8(12)14)7(11)13-4/h2,6H,1H3,(H2,12,14). The first-order valence-corrected chi connectivity index (χ1v) is 4.87. The van der Waals surface area contributed by atoms with Crippen LogP contribution in [0.5, 0.6) is 5.88 Å². The third-order valence-electron chi connectivity index (χ3n) is 1.67. The van der Waals surface area contributed by atoms with E-state index in [9.17, 15) is 13.6 Å². The maximum absolute atomic E-state index is 12.6. The number of hydrogen-bond acceptors (Lipinski definition) is 3. The fraction of sp³-hybridized carbons (Fsp3) is 0.250. The zero-order chi connectivity index (χ0) is 11.6. The van der Waals surface area contributed by atoms with Gasteiger partial charge in [-0.05, 0) is 22.6 Å². The number of methoxy groups -OCH3 is 1. The Bertz CT molecular complexity index is 398. The fourth-order valence-corrected chi connectivity index (χ4v) is 1.84. The van der Waals surface area contributed by atoms with E-state index in [0.29, 0.717) is 0 Å². The van der Waals surface area contributed by atoms with Crippen LogP contribution in [-0.4, -0.2) is 18.0 Å². The van der Waals surface area contributed by atoms with Gasteiger partial charge in [0.15, 0.2) is 0 Å². The molecule has 1 amide bonds. The molecule has 0 atom stereocenters. The van der Waals surface area contributed by atoms with Crippen LogP contribution >= 0.6 is 22.6 Å². The van der Waals surface area contributed by atoms with Gasteiger partial charge < -0.3 is 10.5 Å². The second-order valence-electron chi connectivity index (χ2n) is 2.58. The molecule has 0 saturated heterocycles. The third-order valence-corrected chi connectivity index (χ3v) is 2.45. The van der Waals surface area contributed by atoms with E-state index in [4.69, 9.17) is 10.5 Å². The first-order chi connectivity index (χ1) is 6.97. The highest BCUT2D eigenvalue weighted by atomic mass is 127. The number of ether oxygens (including phenoxy) is 1. The fourth-order valence-electron chi connectivity index (χ4n) is 1.03. The minimum atomic E-state index is -2.79. The maximum Gasteiger partial charge on any atom is 0.264 e. The molecule has 0 aliphatic heterocycles. The molecule has 0 radical (unpaired) electrons. The number of alkyl halides is 2. The highest BCUT2D eigenvalue weighted by Crippen LogP contribution is 2.28. The zero-order valence-corrected chi connectivity index (χ0v) is 9.79. The van der Waals surface area contributed by atoms with Crippen molar-refractivity contribution >= 4 is 28.5 Å². The van der Waals surface area contributed by atoms with Crippen molar-refractivity contribution < 1.29 is 18.3 Å². The average molecular weight is 328 g/mol. The topological polar surface area (TPSA) is 65.2 Å². The molecule has 1 aromatic heterocycles. The predicted molar refractivity (Wildman–Crippen MR) is 57.0 cm³/mol. The number of pyridine rings is 1. The van der Waals surface area contributed by atoms with Crippen molar-refractivity contribution in [2.75, 3.05) is 7.11 Å². The Balaban J connectivity index is 3.42. The van der Waals surface area contributed by atoms with Gasteiger partial charge in [0.25, 0.3) is 12.3 Å². The summed E-state index contributed by atoms with van der Waals surface area (Å²) in [5.41, 5.74) is 4.27. The van der Waals surface area contributed by atoms with Gasteiger partial charge in [0, 0.05) is 11.6 Å². The Hall–Kier alpha value is -0.990. The van der Waals surface area contributed by atoms with Gasteiger partial charge in [-0.1, -0.05) is 0 Å². The number of nitrogens with zero attached hydrogens (tertiary/aromatic N) is 1. The second-order valence-corrected chi connectivity index (χ2v) is 3.61. The van der Waals surface area contributed by atoms with E-state index in [0.717, 1.165) is 6.07 Å². The van der Waals surface area contributed by atoms with E-state index in [-0.39, 0.29) is 15.1 Å². The normalized spacial score (nSPS) is 10.5. The second kappa shape index (κ2) is 4.69. The van der Waals surface area contributed by atoms with Crippen LogP contribution in [0, 0.1) is 3.70 Å². The Morgan fingerprint density at radius 2 is 2.27 bits per heavy atom. The predicted octanol–water partition coefficient (Wildman–Crippen LogP) is 1.73. The smallest absolute Gasteiger partial charge is 0.264 e. The number of carbonyl (C=O) groups excluding carboxylic acids is 1. The van der Waals surface area contributed by atoms with Crippen molar-refractivity contribution in [2.45, 2.75) is 6.43 Å². The van der Waals surface area contributed by atoms with Gasteiger partial charge in [0.1, 0.15) is 3.70 Å². The number of hydrogen-bond donors (Lipinski definition) is 1. The molecule has 0 bridgehead atoms. The molecule has 0 saturated carbocycles. The molecule has 7 heteroatoms. The molecule has 0 fully saturated rings. The van der Waals surface area contributed by atoms with Crippen molar-refractivity contribution in [3.63, 3.8) is 0 Å². The quantitative estimate of drug-likeness (QED) is 0.679. The van der Waals surface area contributed by atoms with Crippen LogP contribution in [0.25, 0.3) is 0 Å². The number of amides is 1. The van der Waals surface area contributed by atoms with E-state index in [1.807, 2.05) is 0 Å². The van der Waals surface area contributed by atoms with Crippen molar-refractivity contribution in [2.24, 2.45) is 5.73 Å². The molecule has 0 aromatic carbocycles. The lowest BCUT2D eigenvalue weighted by molar-refractivity contribution is 0.0984. The van der Waals surface area contributed by atoms with Crippen LogP contribution in [0.2, 0.25) is 0 Å². The summed E-state index contributed by atoms with van der Waals surface area (Å²) >= 11 is 1.66. The molecule has 0 unspecified atom stereocenters. The third kappa shape index (κ3) is 2.52. The van der Waals surface area contributed by atoms with E-state index >= 15 is 0 Å². The van der Waals surface area contributed by atoms with Gasteiger partial charge >= 0.3 is 0 Å². The molecule has 82 valence electrons. The first kappa shape index (κ1) is 12.1. The van der Waals surface area contributed by atoms with Crippen LogP contribution in [-0.2, 0) is 0 Å². The van der Waals surface area contributed by atoms with Crippen LogP contribution in [0.15, 0.2) is 6.07 Å². The van der Waals surface area contributed by atoms with Gasteiger partial charge in [0.2, 0.25) is 5.88 Å². The number of primary amides is 1. The van der Waals surface area contributed by atoms with Crippen LogP contribution < -0.4 is 10.5 Å². The summed E-state index contributed by atoms with van der Waals surface area (Å²) < 4.78 is 30.0. The van der Waals surface area contributed by atoms with Gasteiger partial charge in [0.05, 0.1) is 12.7 Å². The molecule has 1 rings (SSSR count). The van der Waals surface area contributed by atoms with Gasteiger partial charge in [-0.3, -0.25) is 4.79 Å². The van der Waals surface area contributed by atoms with E-state index in [1.165, 1.54) is 7.11 Å². The Labute approximate surface area is 98.0 Å². The van der Waals surface area contributed by atoms with E-state index < -0.39 is 17.9 Å². The molecule has 0 spiro atoms. The largest absolute Gasteiger partial charge is 0.481 e. The van der Waals surface area contributed by atoms with Crippen molar-refractivity contribution in [1.29, 1.82) is 0 Å². The number of carbonyl (C=O) groups is 1. The summed E-state index contributed by atoms with van der Waals surface area (Å²) in [6, 6.07) is 1.01. The molecule has 0 aliphatic carbocycles. The molecule has 1 heterocycles. The monoisotopic (exact) mass is 328 g/mol. The molecular weight excluding hydrogens is 321 g/mol. The minimum Gasteiger partial charge on any atom is -0.481 e. The van der Waals surface area contributed by atoms with E-state index in [1.54, 1.807) is 22.6 Å². The highest BCUT2D eigenvalue weighted by molar-refractivity contribution is 14.1. The number of aromatic nitrogens is 1. The SMILES string of the molecule is COc1cc(C(F)F)c(C(N)=O)c(I)n1. The van der Waals surface area contributed by atoms with Crippen molar-refractivity contribution in [1.82, 2.24) is 4.98 Å². The lowest BCUT2D eigenvalue weighted by atomic mass is 10.1. The minimum absolute atomic E-state index is 0.0275. The Morgan fingerprint density at radius 3 is 2.67 bits per heavy atom. The van der Waals surface area contributed by atoms with Crippen LogP contribution in [0.1, 0.15) is 22.3 Å². The molecule has 1 aromatic rings. The average Bonchev–Trinajstić information content (AvgIpc) is 2.15. The lowest BCUT2D eigenvalue weighted by Gasteiger charge is -2.09. The van der Waals surface area contributed by atoms with Gasteiger partial charge in [-0.25, -0.2) is 13.8 Å². The molecule has 0 aliphatic rings. The van der Waals surface area contributed by atoms with Crippen LogP contribution in [0.3, 0.4) is 0 Å². The lowest BCUT2D eigenvalue weighted by Crippen LogP contribution is -2.17. The molecule has 2 N–H and O–H groups in total. The summed E-state index contributed by atoms with van der Waals surface area (Å²) in [6.07, 6.45) is -2.79. The van der Waals surface area contributed by atoms with Gasteiger partial charge in [-0.15, -0.1) is 0 Å². The van der Waals surface area contributed by atoms with E-state index in [2.05, 4.69) is 4.98 Å². The summed E-state index contributed by atoms with van der Waals surface area (Å²) in [5.74, 6) is -0.899. The summed E-state index contributed by atoms with van der Waals surface area (Å²) in [7, 11) is 1.30. The Kier molecular flexibility index (Phi) is 3.77. The van der Waals surface area contributed by atoms with Crippen molar-refractivity contribution in [3.05, 3.63) is 20.9 Å². The summed E-state index contributed by atoms with van der Waals surface area (Å²) in [5, 5.41) is 0. The maximum atomic E-state index is 12.6. The molecule has 15 heavy (non-hydrogen) atoms. The molecular formula is C8H7F2IN2O2. The highest BCUT2D eigenvalue weighted by Gasteiger charge is 2.22. The number of nitrogens with two attached hydrogens (primary N) is 1. The zero-order valence-electron chi connectivity index (χ0n) is 7.63. The summed E-state index contributed by atoms with van der Waals surface area (Å²) in [6.45, 7) is 0. The van der Waals surface area contributed by atoms with Crippen LogP contribution in [0.4, 0.5) is 8.78 Å². The molecule has 4 nitrogen and oxygen atoms in total. The Morgan fingerprint density at radius 1 is 1.67 bits per heavy atom.